The van der Waals surface area contributed by atoms with Crippen LogP contribution in [0.2, 0.25) is 0 Å². The first kappa shape index (κ1) is 14.6. The number of nitrogens with zero attached hydrogens (tertiary/aromatic N) is 1. The Hall–Kier alpha value is -1.82. The van der Waals surface area contributed by atoms with Crippen molar-refractivity contribution in [2.75, 3.05) is 14.2 Å². The Labute approximate surface area is 122 Å². The highest BCUT2D eigenvalue weighted by molar-refractivity contribution is 7.71. The van der Waals surface area contributed by atoms with Gasteiger partial charge in [-0.05, 0) is 30.3 Å². The molecule has 0 saturated carbocycles. The van der Waals surface area contributed by atoms with E-state index < -0.39 is 6.04 Å². The lowest BCUT2D eigenvalue weighted by Crippen LogP contribution is -2.25. The molecule has 1 heterocycles. The number of carbonyl (C=O) groups excluding carboxylic acids is 1. The van der Waals surface area contributed by atoms with Gasteiger partial charge in [0.1, 0.15) is 17.3 Å². The van der Waals surface area contributed by atoms with Crippen molar-refractivity contribution in [3.05, 3.63) is 23.0 Å². The van der Waals surface area contributed by atoms with E-state index in [1.807, 2.05) is 32.0 Å². The van der Waals surface area contributed by atoms with Gasteiger partial charge in [-0.25, -0.2) is 4.79 Å². The smallest absolute Gasteiger partial charge is 0.329 e. The third-order valence-corrected chi connectivity index (χ3v) is 3.59. The van der Waals surface area contributed by atoms with Gasteiger partial charge in [-0.3, -0.25) is 0 Å². The van der Waals surface area contributed by atoms with Gasteiger partial charge in [0.15, 0.2) is 4.77 Å². The van der Waals surface area contributed by atoms with E-state index >= 15 is 0 Å². The number of ether oxygens (including phenoxy) is 2. The van der Waals surface area contributed by atoms with Gasteiger partial charge in [0, 0.05) is 0 Å². The number of carbonyl (C=O) groups is 1. The number of benzene rings is 1. The minimum Gasteiger partial charge on any atom is -0.494 e. The Morgan fingerprint density at radius 1 is 1.35 bits per heavy atom. The van der Waals surface area contributed by atoms with Crippen molar-refractivity contribution in [1.29, 1.82) is 0 Å². The Morgan fingerprint density at radius 2 is 2.05 bits per heavy atom. The molecule has 0 saturated heterocycles. The van der Waals surface area contributed by atoms with E-state index in [2.05, 4.69) is 4.98 Å². The number of hydrogen-bond donors (Lipinski definition) is 1. The molecule has 6 heteroatoms. The van der Waals surface area contributed by atoms with E-state index in [0.717, 1.165) is 11.0 Å². The number of esters is 1. The van der Waals surface area contributed by atoms with Crippen LogP contribution < -0.4 is 4.74 Å². The largest absolute Gasteiger partial charge is 0.494 e. The van der Waals surface area contributed by atoms with Gasteiger partial charge in [-0.2, -0.15) is 0 Å². The number of rotatable bonds is 4. The monoisotopic (exact) mass is 294 g/mol. The number of methoxy groups -OCH3 is 2. The number of H-pyrrole nitrogens is 1. The maximum absolute atomic E-state index is 12.1. The van der Waals surface area contributed by atoms with Crippen molar-refractivity contribution in [1.82, 2.24) is 9.55 Å². The van der Waals surface area contributed by atoms with Crippen LogP contribution >= 0.6 is 12.2 Å². The summed E-state index contributed by atoms with van der Waals surface area (Å²) >= 11 is 5.37. The zero-order valence-electron chi connectivity index (χ0n) is 12.0. The molecule has 1 aromatic heterocycles. The number of para-hydroxylation sites is 1. The number of hydrogen-bond acceptors (Lipinski definition) is 4. The number of aromatic nitrogens is 2. The topological polar surface area (TPSA) is 56.2 Å². The molecule has 1 atom stereocenters. The molecule has 1 unspecified atom stereocenters. The van der Waals surface area contributed by atoms with Crippen molar-refractivity contribution in [2.45, 2.75) is 19.9 Å². The molecule has 0 aliphatic rings. The van der Waals surface area contributed by atoms with Crippen molar-refractivity contribution in [3.8, 4) is 5.75 Å². The molecule has 0 aliphatic carbocycles. The number of imidazole rings is 1. The molecule has 108 valence electrons. The third-order valence-electron chi connectivity index (χ3n) is 3.29. The number of aromatic amines is 1. The Balaban J connectivity index is 2.73. The second-order valence-corrected chi connectivity index (χ2v) is 5.25. The highest BCUT2D eigenvalue weighted by Gasteiger charge is 2.27. The van der Waals surface area contributed by atoms with Gasteiger partial charge in [-0.1, -0.05) is 19.9 Å². The lowest BCUT2D eigenvalue weighted by molar-refractivity contribution is -0.145. The zero-order chi connectivity index (χ0) is 14.9. The molecular weight excluding hydrogens is 276 g/mol. The van der Waals surface area contributed by atoms with Crippen LogP contribution in [0.1, 0.15) is 19.9 Å². The zero-order valence-corrected chi connectivity index (χ0v) is 12.8. The summed E-state index contributed by atoms with van der Waals surface area (Å²) in [5.74, 6) is 0.443. The Bertz CT molecular complexity index is 687. The minimum atomic E-state index is -0.464. The van der Waals surface area contributed by atoms with Crippen molar-refractivity contribution >= 4 is 29.2 Å². The molecule has 20 heavy (non-hydrogen) atoms. The van der Waals surface area contributed by atoms with Gasteiger partial charge in [0.25, 0.3) is 0 Å². The van der Waals surface area contributed by atoms with Gasteiger partial charge < -0.3 is 19.0 Å². The van der Waals surface area contributed by atoms with E-state index in [4.69, 9.17) is 21.7 Å². The molecule has 1 aromatic carbocycles. The van der Waals surface area contributed by atoms with Crippen molar-refractivity contribution < 1.29 is 14.3 Å². The summed E-state index contributed by atoms with van der Waals surface area (Å²) in [5, 5.41) is 0. The second kappa shape index (κ2) is 5.66. The number of nitrogens with one attached hydrogen (secondary N) is 1. The highest BCUT2D eigenvalue weighted by atomic mass is 32.1. The van der Waals surface area contributed by atoms with Crippen LogP contribution in [0.3, 0.4) is 0 Å². The molecule has 1 N–H and O–H groups in total. The molecule has 0 spiro atoms. The van der Waals surface area contributed by atoms with E-state index in [9.17, 15) is 4.79 Å². The van der Waals surface area contributed by atoms with Crippen molar-refractivity contribution in [3.63, 3.8) is 0 Å². The van der Waals surface area contributed by atoms with Gasteiger partial charge in [-0.15, -0.1) is 0 Å². The van der Waals surface area contributed by atoms with Crippen LogP contribution in [-0.2, 0) is 9.53 Å². The summed E-state index contributed by atoms with van der Waals surface area (Å²) in [7, 11) is 2.99. The summed E-state index contributed by atoms with van der Waals surface area (Å²) in [6, 6.07) is 5.16. The molecular formula is C14H18N2O3S. The summed E-state index contributed by atoms with van der Waals surface area (Å²) in [6.45, 7) is 3.92. The Morgan fingerprint density at radius 3 is 2.60 bits per heavy atom. The molecule has 2 aromatic rings. The predicted octanol–water partition coefficient (Wildman–Crippen LogP) is 3.08. The summed E-state index contributed by atoms with van der Waals surface area (Å²) in [5.41, 5.74) is 1.62. The summed E-state index contributed by atoms with van der Waals surface area (Å²) < 4.78 is 12.5. The second-order valence-electron chi connectivity index (χ2n) is 4.87. The lowest BCUT2D eigenvalue weighted by atomic mass is 10.0. The van der Waals surface area contributed by atoms with E-state index in [-0.39, 0.29) is 11.9 Å². The van der Waals surface area contributed by atoms with Gasteiger partial charge in [0.05, 0.1) is 19.7 Å². The normalized spacial score (nSPS) is 12.7. The first-order chi connectivity index (χ1) is 9.51. The maximum atomic E-state index is 12.1. The Kier molecular flexibility index (Phi) is 4.13. The first-order valence-electron chi connectivity index (χ1n) is 6.36. The number of fused-ring (bicyclic) bond motifs is 1. The average Bonchev–Trinajstić information content (AvgIpc) is 2.75. The average molecular weight is 294 g/mol. The standard InChI is InChI=1S/C14H18N2O3S/c1-8(2)12(13(17)19-4)16-9-6-5-7-10(18-3)11(9)15-14(16)20/h5-8,12H,1-4H3,(H,15,20). The summed E-state index contributed by atoms with van der Waals surface area (Å²) in [6.07, 6.45) is 0. The molecule has 0 radical (unpaired) electrons. The van der Waals surface area contributed by atoms with E-state index in [1.165, 1.54) is 7.11 Å². The van der Waals surface area contributed by atoms with Gasteiger partial charge in [0.2, 0.25) is 0 Å². The molecule has 5 nitrogen and oxygen atoms in total. The fraction of sp³-hybridized carbons (Fsp3) is 0.429. The van der Waals surface area contributed by atoms with E-state index in [0.29, 0.717) is 10.5 Å². The molecule has 0 amide bonds. The van der Waals surface area contributed by atoms with E-state index in [1.54, 1.807) is 11.7 Å². The fourth-order valence-corrected chi connectivity index (χ4v) is 2.68. The lowest BCUT2D eigenvalue weighted by Gasteiger charge is -2.20. The van der Waals surface area contributed by atoms with Crippen LogP contribution in [0, 0.1) is 10.7 Å². The van der Waals surface area contributed by atoms with Crippen LogP contribution in [0.15, 0.2) is 18.2 Å². The first-order valence-corrected chi connectivity index (χ1v) is 6.77. The SMILES string of the molecule is COC(=O)C(C(C)C)n1c(=S)[nH]c2c(OC)cccc21. The minimum absolute atomic E-state index is 0.0550. The highest BCUT2D eigenvalue weighted by Crippen LogP contribution is 2.30. The van der Waals surface area contributed by atoms with Gasteiger partial charge >= 0.3 is 5.97 Å². The van der Waals surface area contributed by atoms with Crippen LogP contribution in [0.25, 0.3) is 11.0 Å². The van der Waals surface area contributed by atoms with Crippen LogP contribution in [0.5, 0.6) is 5.75 Å². The third kappa shape index (κ3) is 2.31. The van der Waals surface area contributed by atoms with Crippen molar-refractivity contribution in [2.24, 2.45) is 5.92 Å². The van der Waals surface area contributed by atoms with Crippen LogP contribution in [0.4, 0.5) is 0 Å². The maximum Gasteiger partial charge on any atom is 0.329 e. The molecule has 0 bridgehead atoms. The quantitative estimate of drug-likeness (QED) is 0.695. The summed E-state index contributed by atoms with van der Waals surface area (Å²) in [4.78, 5) is 15.2. The fourth-order valence-electron chi connectivity index (χ4n) is 2.37. The predicted molar refractivity (Wildman–Crippen MR) is 79.6 cm³/mol. The molecule has 2 rings (SSSR count). The molecule has 0 aliphatic heterocycles. The molecule has 0 fully saturated rings. The van der Waals surface area contributed by atoms with Crippen LogP contribution in [-0.4, -0.2) is 29.7 Å².